The molecule has 48 heavy (non-hydrogen) atoms. The lowest BCUT2D eigenvalue weighted by atomic mass is 10.1. The number of aryl methyl sites for hydroxylation is 1. The summed E-state index contributed by atoms with van der Waals surface area (Å²) in [4.78, 5) is 54.6. The first-order valence-electron chi connectivity index (χ1n) is 15.6. The minimum atomic E-state index is -0.536. The molecule has 0 fully saturated rings. The number of hydrogen-bond donors (Lipinski definition) is 3. The van der Waals surface area contributed by atoms with Crippen LogP contribution in [0.5, 0.6) is 5.75 Å². The van der Waals surface area contributed by atoms with Gasteiger partial charge in [0.2, 0.25) is 5.91 Å². The number of para-hydroxylation sites is 1. The highest BCUT2D eigenvalue weighted by molar-refractivity contribution is 8.00. The topological polar surface area (TPSA) is 123 Å². The van der Waals surface area contributed by atoms with Crippen LogP contribution in [0.2, 0.25) is 0 Å². The summed E-state index contributed by atoms with van der Waals surface area (Å²) >= 11 is 2.77. The van der Waals surface area contributed by atoms with Crippen molar-refractivity contribution in [1.82, 2.24) is 5.32 Å². The molecule has 248 valence electrons. The second-order valence-corrected chi connectivity index (χ2v) is 13.6. The zero-order valence-corrected chi connectivity index (χ0v) is 28.6. The Kier molecular flexibility index (Phi) is 11.7. The molecule has 0 bridgehead atoms. The number of hydrogen-bond acceptors (Lipinski definition) is 8. The van der Waals surface area contributed by atoms with Crippen LogP contribution in [0.15, 0.2) is 89.5 Å². The van der Waals surface area contributed by atoms with E-state index in [1.165, 1.54) is 37.3 Å². The van der Waals surface area contributed by atoms with Crippen LogP contribution < -0.4 is 20.7 Å². The van der Waals surface area contributed by atoms with Gasteiger partial charge in [0.1, 0.15) is 16.4 Å². The molecule has 11 heteroatoms. The molecule has 0 spiro atoms. The lowest BCUT2D eigenvalue weighted by molar-refractivity contribution is -0.115. The van der Waals surface area contributed by atoms with Gasteiger partial charge in [-0.3, -0.25) is 14.4 Å². The standard InChI is InChI=1S/C37H37N3O6S2/c1-23(33(41)40-36-32(37(44)46-3)28-18-8-5-9-20-31(28)48-36)47-27-17-12-16-26(22-27)38-35(43)29(21-25-15-10-11-19-30(25)45-2)39-34(42)24-13-6-4-7-14-24/h4,6-7,10-17,19,21-23H,5,8-9,18,20H2,1-3H3,(H,38,43)(H,39,42)(H,40,41)/b29-21+. The van der Waals surface area contributed by atoms with Crippen molar-refractivity contribution in [3.05, 3.63) is 112 Å². The zero-order chi connectivity index (χ0) is 34.0. The van der Waals surface area contributed by atoms with E-state index in [2.05, 4.69) is 16.0 Å². The highest BCUT2D eigenvalue weighted by Gasteiger charge is 2.27. The van der Waals surface area contributed by atoms with E-state index in [0.717, 1.165) is 47.4 Å². The molecule has 0 radical (unpaired) electrons. The van der Waals surface area contributed by atoms with Crippen molar-refractivity contribution in [2.45, 2.75) is 49.2 Å². The number of amides is 3. The van der Waals surface area contributed by atoms with Crippen LogP contribution in [0.3, 0.4) is 0 Å². The quantitative estimate of drug-likeness (QED) is 0.0654. The largest absolute Gasteiger partial charge is 0.496 e. The van der Waals surface area contributed by atoms with Crippen LogP contribution in [-0.2, 0) is 27.2 Å². The molecule has 1 aliphatic carbocycles. The fourth-order valence-electron chi connectivity index (χ4n) is 5.35. The average Bonchev–Trinajstić information content (AvgIpc) is 3.27. The van der Waals surface area contributed by atoms with Crippen molar-refractivity contribution in [1.29, 1.82) is 0 Å². The zero-order valence-electron chi connectivity index (χ0n) is 27.0. The van der Waals surface area contributed by atoms with E-state index in [0.29, 0.717) is 33.1 Å². The Labute approximate surface area is 288 Å². The maximum Gasteiger partial charge on any atom is 0.341 e. The van der Waals surface area contributed by atoms with Crippen molar-refractivity contribution >= 4 is 63.6 Å². The Morgan fingerprint density at radius 3 is 2.40 bits per heavy atom. The van der Waals surface area contributed by atoms with E-state index in [1.807, 2.05) is 18.2 Å². The number of thiophene rings is 1. The molecule has 0 saturated heterocycles. The Balaban J connectivity index is 1.31. The average molecular weight is 684 g/mol. The van der Waals surface area contributed by atoms with E-state index in [9.17, 15) is 19.2 Å². The summed E-state index contributed by atoms with van der Waals surface area (Å²) in [6, 6.07) is 22.9. The number of thioether (sulfide) groups is 1. The number of anilines is 2. The van der Waals surface area contributed by atoms with Crippen molar-refractivity contribution < 1.29 is 28.7 Å². The second kappa shape index (κ2) is 16.3. The Morgan fingerprint density at radius 2 is 1.62 bits per heavy atom. The first-order chi connectivity index (χ1) is 23.3. The Morgan fingerprint density at radius 1 is 0.875 bits per heavy atom. The lowest BCUT2D eigenvalue weighted by Gasteiger charge is -2.14. The minimum absolute atomic E-state index is 0.0231. The van der Waals surface area contributed by atoms with E-state index in [1.54, 1.807) is 73.7 Å². The molecule has 1 unspecified atom stereocenters. The summed E-state index contributed by atoms with van der Waals surface area (Å²) in [7, 11) is 2.89. The third kappa shape index (κ3) is 8.53. The van der Waals surface area contributed by atoms with Crippen LogP contribution in [0.1, 0.15) is 62.9 Å². The normalized spacial score (nSPS) is 13.4. The van der Waals surface area contributed by atoms with Gasteiger partial charge in [0.25, 0.3) is 11.8 Å². The van der Waals surface area contributed by atoms with Gasteiger partial charge in [-0.1, -0.05) is 48.9 Å². The van der Waals surface area contributed by atoms with E-state index in [-0.39, 0.29) is 11.6 Å². The molecule has 1 heterocycles. The van der Waals surface area contributed by atoms with Crippen molar-refractivity contribution in [3.8, 4) is 5.75 Å². The van der Waals surface area contributed by atoms with E-state index in [4.69, 9.17) is 9.47 Å². The van der Waals surface area contributed by atoms with Gasteiger partial charge in [-0.15, -0.1) is 23.1 Å². The summed E-state index contributed by atoms with van der Waals surface area (Å²) in [6.07, 6.45) is 6.40. The van der Waals surface area contributed by atoms with Crippen molar-refractivity contribution in [2.24, 2.45) is 0 Å². The summed E-state index contributed by atoms with van der Waals surface area (Å²) in [6.45, 7) is 1.79. The van der Waals surface area contributed by atoms with Crippen molar-refractivity contribution in [3.63, 3.8) is 0 Å². The number of nitrogens with one attached hydrogen (secondary N) is 3. The molecule has 1 atom stereocenters. The molecule has 4 aromatic rings. The predicted octanol–water partition coefficient (Wildman–Crippen LogP) is 7.34. The van der Waals surface area contributed by atoms with Gasteiger partial charge in [-0.05, 0) is 80.6 Å². The number of methoxy groups -OCH3 is 2. The number of fused-ring (bicyclic) bond motifs is 1. The van der Waals surface area contributed by atoms with Crippen LogP contribution in [0.4, 0.5) is 10.7 Å². The summed E-state index contributed by atoms with van der Waals surface area (Å²) in [5, 5.41) is 8.60. The van der Waals surface area contributed by atoms with Crippen LogP contribution in [-0.4, -0.2) is 43.2 Å². The highest BCUT2D eigenvalue weighted by atomic mass is 32.2. The molecule has 5 rings (SSSR count). The van der Waals surface area contributed by atoms with Crippen LogP contribution >= 0.6 is 23.1 Å². The summed E-state index contributed by atoms with van der Waals surface area (Å²) in [5.41, 5.74) is 2.97. The van der Waals surface area contributed by atoms with Gasteiger partial charge in [-0.25, -0.2) is 4.79 Å². The molecule has 1 aliphatic rings. The SMILES string of the molecule is COC(=O)c1c(NC(=O)C(C)Sc2cccc(NC(=O)/C(=C\c3ccccc3OC)NC(=O)c3ccccc3)c2)sc2c1CCCCC2. The van der Waals surface area contributed by atoms with Gasteiger partial charge >= 0.3 is 5.97 Å². The number of ether oxygens (including phenoxy) is 2. The fourth-order valence-corrected chi connectivity index (χ4v) is 7.56. The van der Waals surface area contributed by atoms with E-state index >= 15 is 0 Å². The number of carbonyl (C=O) groups is 4. The van der Waals surface area contributed by atoms with Gasteiger partial charge < -0.3 is 25.4 Å². The molecular weight excluding hydrogens is 647 g/mol. The second-order valence-electron chi connectivity index (χ2n) is 11.1. The molecule has 1 aromatic heterocycles. The fraction of sp³-hybridized carbons (Fsp3) is 0.243. The smallest absolute Gasteiger partial charge is 0.341 e. The molecule has 0 aliphatic heterocycles. The number of benzene rings is 3. The Hall–Kier alpha value is -4.87. The monoisotopic (exact) mass is 683 g/mol. The molecule has 3 N–H and O–H groups in total. The third-order valence-electron chi connectivity index (χ3n) is 7.79. The summed E-state index contributed by atoms with van der Waals surface area (Å²) < 4.78 is 10.5. The highest BCUT2D eigenvalue weighted by Crippen LogP contribution is 2.38. The van der Waals surface area contributed by atoms with E-state index < -0.39 is 23.0 Å². The molecule has 9 nitrogen and oxygen atoms in total. The van der Waals surface area contributed by atoms with Gasteiger partial charge in [0, 0.05) is 26.6 Å². The lowest BCUT2D eigenvalue weighted by Crippen LogP contribution is -2.30. The minimum Gasteiger partial charge on any atom is -0.496 e. The Bertz CT molecular complexity index is 1840. The molecule has 3 amide bonds. The van der Waals surface area contributed by atoms with Crippen LogP contribution in [0, 0.1) is 0 Å². The first kappa shape index (κ1) is 34.5. The number of esters is 1. The maximum atomic E-state index is 13.6. The predicted molar refractivity (Wildman–Crippen MR) is 191 cm³/mol. The number of carbonyl (C=O) groups excluding carboxylic acids is 4. The number of rotatable bonds is 11. The van der Waals surface area contributed by atoms with Gasteiger partial charge in [0.05, 0.1) is 25.0 Å². The molecule has 3 aromatic carbocycles. The first-order valence-corrected chi connectivity index (χ1v) is 17.3. The molecular formula is C37H37N3O6S2. The van der Waals surface area contributed by atoms with Gasteiger partial charge in [0.15, 0.2) is 0 Å². The third-order valence-corrected chi connectivity index (χ3v) is 10.1. The van der Waals surface area contributed by atoms with Crippen molar-refractivity contribution in [2.75, 3.05) is 24.9 Å². The summed E-state index contributed by atoms with van der Waals surface area (Å²) in [5.74, 6) is -1.12. The maximum absolute atomic E-state index is 13.6. The molecule has 0 saturated carbocycles. The van der Waals surface area contributed by atoms with Crippen LogP contribution in [0.25, 0.3) is 6.08 Å². The van der Waals surface area contributed by atoms with Gasteiger partial charge in [-0.2, -0.15) is 0 Å².